The maximum atomic E-state index is 13.4. The Morgan fingerprint density at radius 1 is 1.03 bits per heavy atom. The monoisotopic (exact) mass is 419 g/mol. The van der Waals surface area contributed by atoms with E-state index in [9.17, 15) is 4.39 Å². The van der Waals surface area contributed by atoms with Crippen molar-refractivity contribution < 1.29 is 4.39 Å². The van der Waals surface area contributed by atoms with E-state index in [-0.39, 0.29) is 0 Å². The average molecular weight is 420 g/mol. The second kappa shape index (κ2) is 7.29. The van der Waals surface area contributed by atoms with E-state index in [0.717, 1.165) is 63.5 Å². The number of rotatable bonds is 2. The van der Waals surface area contributed by atoms with E-state index in [2.05, 4.69) is 25.9 Å². The number of pyridine rings is 2. The van der Waals surface area contributed by atoms with Crippen LogP contribution >= 0.6 is 11.6 Å². The van der Waals surface area contributed by atoms with Crippen LogP contribution in [0.4, 0.5) is 10.2 Å². The third-order valence-corrected chi connectivity index (χ3v) is 5.71. The van der Waals surface area contributed by atoms with Crippen LogP contribution in [0.2, 0.25) is 5.02 Å². The van der Waals surface area contributed by atoms with Crippen LogP contribution in [0.25, 0.3) is 22.0 Å². The summed E-state index contributed by atoms with van der Waals surface area (Å²) in [6.07, 6.45) is 4.24. The molecule has 4 aromatic rings. The molecule has 1 aliphatic heterocycles. The number of hydrogen-bond donors (Lipinski definition) is 0. The fraction of sp³-hybridized carbons (Fsp3) is 0.217. The summed E-state index contributed by atoms with van der Waals surface area (Å²) < 4.78 is 13.4. The van der Waals surface area contributed by atoms with Crippen molar-refractivity contribution in [3.8, 4) is 11.1 Å². The second-order valence-corrected chi connectivity index (χ2v) is 8.02. The molecule has 0 aliphatic carbocycles. The SMILES string of the molecule is Cc1nc(N2CCc3ncc(-c4cnc(F)cc4C)cc3C2)c2cc(Cl)ccc2n1. The molecule has 0 N–H and O–H groups in total. The van der Waals surface area contributed by atoms with Crippen LogP contribution in [-0.2, 0) is 13.0 Å². The predicted octanol–water partition coefficient (Wildman–Crippen LogP) is 5.06. The van der Waals surface area contributed by atoms with Crippen molar-refractivity contribution in [3.05, 3.63) is 76.3 Å². The van der Waals surface area contributed by atoms with Crippen molar-refractivity contribution >= 4 is 28.3 Å². The highest BCUT2D eigenvalue weighted by molar-refractivity contribution is 6.31. The van der Waals surface area contributed by atoms with Gasteiger partial charge < -0.3 is 4.90 Å². The highest BCUT2D eigenvalue weighted by Gasteiger charge is 2.22. The van der Waals surface area contributed by atoms with Crippen molar-refractivity contribution in [1.82, 2.24) is 19.9 Å². The average Bonchev–Trinajstić information content (AvgIpc) is 2.73. The molecular weight excluding hydrogens is 401 g/mol. The van der Waals surface area contributed by atoms with Gasteiger partial charge in [0.25, 0.3) is 0 Å². The quantitative estimate of drug-likeness (QED) is 0.425. The summed E-state index contributed by atoms with van der Waals surface area (Å²) in [5.74, 6) is 1.14. The number of nitrogens with zero attached hydrogens (tertiary/aromatic N) is 5. The molecular formula is C23H19ClFN5. The lowest BCUT2D eigenvalue weighted by molar-refractivity contribution is 0.583. The zero-order chi connectivity index (χ0) is 20.8. The van der Waals surface area contributed by atoms with Crippen LogP contribution in [0.5, 0.6) is 0 Å². The van der Waals surface area contributed by atoms with Gasteiger partial charge in [-0.05, 0) is 55.3 Å². The molecule has 0 saturated heterocycles. The minimum atomic E-state index is -0.474. The van der Waals surface area contributed by atoms with Crippen molar-refractivity contribution in [2.75, 3.05) is 11.4 Å². The van der Waals surface area contributed by atoms with E-state index in [4.69, 9.17) is 16.6 Å². The third-order valence-electron chi connectivity index (χ3n) is 5.48. The van der Waals surface area contributed by atoms with Crippen LogP contribution in [-0.4, -0.2) is 26.5 Å². The van der Waals surface area contributed by atoms with Gasteiger partial charge in [-0.2, -0.15) is 4.39 Å². The standard InChI is InChI=1S/C23H19ClFN5/c1-13-7-22(25)27-11-19(13)15-8-16-12-30(6-5-20(16)26-10-15)23-18-9-17(24)3-4-21(18)28-14(2)29-23/h3-4,7-11H,5-6,12H2,1-2H3. The van der Waals surface area contributed by atoms with E-state index < -0.39 is 5.95 Å². The topological polar surface area (TPSA) is 54.8 Å². The van der Waals surface area contributed by atoms with Crippen molar-refractivity contribution in [3.63, 3.8) is 0 Å². The maximum Gasteiger partial charge on any atom is 0.213 e. The van der Waals surface area contributed by atoms with Gasteiger partial charge in [0.2, 0.25) is 5.95 Å². The zero-order valence-electron chi connectivity index (χ0n) is 16.7. The Kier molecular flexibility index (Phi) is 4.59. The number of aromatic nitrogens is 4. The summed E-state index contributed by atoms with van der Waals surface area (Å²) in [6.45, 7) is 5.28. The third kappa shape index (κ3) is 3.37. The van der Waals surface area contributed by atoms with E-state index in [1.807, 2.05) is 38.2 Å². The Morgan fingerprint density at radius 3 is 2.73 bits per heavy atom. The fourth-order valence-corrected chi connectivity index (χ4v) is 4.19. The smallest absolute Gasteiger partial charge is 0.213 e. The van der Waals surface area contributed by atoms with Crippen molar-refractivity contribution in [2.45, 2.75) is 26.8 Å². The molecule has 3 aromatic heterocycles. The van der Waals surface area contributed by atoms with Gasteiger partial charge in [-0.15, -0.1) is 0 Å². The van der Waals surface area contributed by atoms with Crippen LogP contribution in [0.15, 0.2) is 42.7 Å². The van der Waals surface area contributed by atoms with E-state index in [1.165, 1.54) is 6.07 Å². The summed E-state index contributed by atoms with van der Waals surface area (Å²) in [4.78, 5) is 20.0. The molecule has 150 valence electrons. The Bertz CT molecular complexity index is 1290. The number of aryl methyl sites for hydroxylation is 2. The van der Waals surface area contributed by atoms with E-state index in [0.29, 0.717) is 11.6 Å². The highest BCUT2D eigenvalue weighted by atomic mass is 35.5. The highest BCUT2D eigenvalue weighted by Crippen LogP contribution is 2.32. The molecule has 0 radical (unpaired) electrons. The molecule has 0 bridgehead atoms. The molecule has 7 heteroatoms. The molecule has 0 saturated carbocycles. The van der Waals surface area contributed by atoms with Gasteiger partial charge in [0.05, 0.1) is 5.52 Å². The number of anilines is 1. The normalized spacial score (nSPS) is 13.5. The molecule has 5 rings (SSSR count). The largest absolute Gasteiger partial charge is 0.351 e. The molecule has 4 heterocycles. The number of benzene rings is 1. The van der Waals surface area contributed by atoms with Gasteiger partial charge in [-0.25, -0.2) is 15.0 Å². The molecule has 1 aliphatic rings. The van der Waals surface area contributed by atoms with Gasteiger partial charge in [0, 0.05) is 59.1 Å². The van der Waals surface area contributed by atoms with Crippen LogP contribution in [0.3, 0.4) is 0 Å². The summed E-state index contributed by atoms with van der Waals surface area (Å²) in [5.41, 5.74) is 5.76. The van der Waals surface area contributed by atoms with Crippen molar-refractivity contribution in [2.24, 2.45) is 0 Å². The predicted molar refractivity (Wildman–Crippen MR) is 116 cm³/mol. The lowest BCUT2D eigenvalue weighted by Gasteiger charge is -2.30. The zero-order valence-corrected chi connectivity index (χ0v) is 17.4. The molecule has 0 fully saturated rings. The van der Waals surface area contributed by atoms with E-state index >= 15 is 0 Å². The molecule has 0 spiro atoms. The molecule has 0 amide bonds. The maximum absolute atomic E-state index is 13.4. The Labute approximate surface area is 178 Å². The minimum Gasteiger partial charge on any atom is -0.351 e. The lowest BCUT2D eigenvalue weighted by atomic mass is 9.99. The molecule has 30 heavy (non-hydrogen) atoms. The minimum absolute atomic E-state index is 0.474. The van der Waals surface area contributed by atoms with Gasteiger partial charge in [0.15, 0.2) is 0 Å². The Hall–Kier alpha value is -3.12. The summed E-state index contributed by atoms with van der Waals surface area (Å²) in [7, 11) is 0. The molecule has 0 atom stereocenters. The van der Waals surface area contributed by atoms with Gasteiger partial charge in [-0.3, -0.25) is 4.98 Å². The van der Waals surface area contributed by atoms with E-state index in [1.54, 1.807) is 6.20 Å². The number of hydrogen-bond acceptors (Lipinski definition) is 5. The van der Waals surface area contributed by atoms with Crippen LogP contribution in [0.1, 0.15) is 22.6 Å². The second-order valence-electron chi connectivity index (χ2n) is 7.58. The number of fused-ring (bicyclic) bond motifs is 2. The first-order valence-electron chi connectivity index (χ1n) is 9.77. The van der Waals surface area contributed by atoms with Crippen LogP contribution in [0, 0.1) is 19.8 Å². The first kappa shape index (κ1) is 18.9. The summed E-state index contributed by atoms with van der Waals surface area (Å²) in [6, 6.07) is 9.27. The first-order valence-corrected chi connectivity index (χ1v) is 10.1. The fourth-order valence-electron chi connectivity index (χ4n) is 4.02. The molecule has 0 unspecified atom stereocenters. The first-order chi connectivity index (χ1) is 14.5. The van der Waals surface area contributed by atoms with Gasteiger partial charge in [-0.1, -0.05) is 11.6 Å². The summed E-state index contributed by atoms with van der Waals surface area (Å²) in [5, 5.41) is 1.61. The van der Waals surface area contributed by atoms with Gasteiger partial charge in [0.1, 0.15) is 11.6 Å². The van der Waals surface area contributed by atoms with Crippen molar-refractivity contribution in [1.29, 1.82) is 0 Å². The van der Waals surface area contributed by atoms with Gasteiger partial charge >= 0.3 is 0 Å². The molecule has 5 nitrogen and oxygen atoms in total. The Balaban J connectivity index is 1.55. The summed E-state index contributed by atoms with van der Waals surface area (Å²) >= 11 is 6.25. The Morgan fingerprint density at radius 2 is 1.90 bits per heavy atom. The van der Waals surface area contributed by atoms with Crippen LogP contribution < -0.4 is 4.90 Å². The number of halogens is 2. The molecule has 1 aromatic carbocycles. The lowest BCUT2D eigenvalue weighted by Crippen LogP contribution is -2.32.